The van der Waals surface area contributed by atoms with Crippen LogP contribution in [0, 0.1) is 0 Å². The lowest BCUT2D eigenvalue weighted by Gasteiger charge is -2.18. The summed E-state index contributed by atoms with van der Waals surface area (Å²) in [5.41, 5.74) is 0.380. The van der Waals surface area contributed by atoms with Gasteiger partial charge in [-0.1, -0.05) is 23.2 Å². The highest BCUT2D eigenvalue weighted by Gasteiger charge is 2.24. The van der Waals surface area contributed by atoms with E-state index in [4.69, 9.17) is 32.7 Å². The first kappa shape index (κ1) is 22.6. The maximum atomic E-state index is 12.5. The number of amides is 1. The Kier molecular flexibility index (Phi) is 5.99. The number of carboxylic acid groups (broad SMARTS) is 1. The van der Waals surface area contributed by atoms with Crippen LogP contribution >= 0.6 is 23.2 Å². The molecule has 1 aliphatic heterocycles. The van der Waals surface area contributed by atoms with E-state index in [1.807, 2.05) is 0 Å². The lowest BCUT2D eigenvalue weighted by molar-refractivity contribution is 0.0697. The molecule has 10 heteroatoms. The van der Waals surface area contributed by atoms with Crippen LogP contribution in [0.2, 0.25) is 10.0 Å². The van der Waals surface area contributed by atoms with E-state index in [-0.39, 0.29) is 57.0 Å². The van der Waals surface area contributed by atoms with Gasteiger partial charge in [0.15, 0.2) is 0 Å². The van der Waals surface area contributed by atoms with E-state index in [1.165, 1.54) is 36.4 Å². The topological polar surface area (TPSA) is 137 Å². The van der Waals surface area contributed by atoms with Crippen molar-refractivity contribution in [3.63, 3.8) is 0 Å². The predicted molar refractivity (Wildman–Crippen MR) is 123 cm³/mol. The van der Waals surface area contributed by atoms with Gasteiger partial charge in [-0.15, -0.1) is 0 Å². The smallest absolute Gasteiger partial charge is 0.336 e. The number of hydrogen-bond donors (Lipinski definition) is 4. The van der Waals surface area contributed by atoms with Crippen LogP contribution in [0.3, 0.4) is 0 Å². The van der Waals surface area contributed by atoms with E-state index in [2.05, 4.69) is 5.32 Å². The number of nitrogens with one attached hydrogen (secondary N) is 1. The zero-order valence-electron chi connectivity index (χ0n) is 16.7. The van der Waals surface area contributed by atoms with Crippen LogP contribution in [0.5, 0.6) is 5.75 Å². The standard InChI is InChI=1S/C23H15Cl2NO7/c24-15-6-13-19(8-17(15)28)33-20-9-18(29)16(25)7-14(20)21(13)12-5-10(22(30)26-3-4-27)1-2-11(12)23(31)32/h1-2,5-9,27-28H,3-4H2,(H,26,30)(H,31,32). The second-order valence-electron chi connectivity index (χ2n) is 7.10. The van der Waals surface area contributed by atoms with Crippen LogP contribution in [0.4, 0.5) is 0 Å². The second kappa shape index (κ2) is 8.74. The molecule has 0 saturated carbocycles. The van der Waals surface area contributed by atoms with Gasteiger partial charge in [0.25, 0.3) is 5.91 Å². The number of carbonyl (C=O) groups excluding carboxylic acids is 1. The van der Waals surface area contributed by atoms with Crippen molar-refractivity contribution in [3.05, 3.63) is 73.9 Å². The third-order valence-electron chi connectivity index (χ3n) is 5.02. The third-order valence-corrected chi connectivity index (χ3v) is 5.62. The fourth-order valence-corrected chi connectivity index (χ4v) is 3.87. The maximum absolute atomic E-state index is 12.5. The van der Waals surface area contributed by atoms with Gasteiger partial charge in [-0.25, -0.2) is 4.79 Å². The monoisotopic (exact) mass is 487 g/mol. The molecule has 1 heterocycles. The maximum Gasteiger partial charge on any atom is 0.336 e. The van der Waals surface area contributed by atoms with Crippen molar-refractivity contribution in [1.29, 1.82) is 0 Å². The number of aromatic carboxylic acids is 1. The minimum Gasteiger partial charge on any atom is -0.506 e. The molecule has 0 saturated heterocycles. The number of carboxylic acids is 1. The number of hydrogen-bond acceptors (Lipinski definition) is 6. The van der Waals surface area contributed by atoms with Crippen LogP contribution in [-0.2, 0) is 0 Å². The second-order valence-corrected chi connectivity index (χ2v) is 7.92. The summed E-state index contributed by atoms with van der Waals surface area (Å²) in [6, 6.07) is 9.15. The summed E-state index contributed by atoms with van der Waals surface area (Å²) >= 11 is 12.2. The first-order valence-corrected chi connectivity index (χ1v) is 10.3. The zero-order valence-corrected chi connectivity index (χ0v) is 18.2. The molecule has 0 aromatic heterocycles. The van der Waals surface area contributed by atoms with E-state index >= 15 is 0 Å². The lowest BCUT2D eigenvalue weighted by atomic mass is 9.89. The summed E-state index contributed by atoms with van der Waals surface area (Å²) in [7, 11) is 0. The van der Waals surface area contributed by atoms with Crippen LogP contribution in [0.25, 0.3) is 33.4 Å². The molecule has 2 aliphatic rings. The molecule has 33 heavy (non-hydrogen) atoms. The van der Waals surface area contributed by atoms with Gasteiger partial charge in [-0.3, -0.25) is 9.59 Å². The average molecular weight is 488 g/mol. The quantitative estimate of drug-likeness (QED) is 0.312. The van der Waals surface area contributed by atoms with E-state index < -0.39 is 17.3 Å². The van der Waals surface area contributed by atoms with Crippen molar-refractivity contribution in [3.8, 4) is 28.2 Å². The highest BCUT2D eigenvalue weighted by atomic mass is 35.5. The highest BCUT2D eigenvalue weighted by Crippen LogP contribution is 2.44. The Bertz CT molecular complexity index is 1460. The Labute approximate surface area is 195 Å². The van der Waals surface area contributed by atoms with Crippen molar-refractivity contribution >= 4 is 46.0 Å². The van der Waals surface area contributed by atoms with E-state index in [0.717, 1.165) is 6.07 Å². The van der Waals surface area contributed by atoms with Gasteiger partial charge in [0.2, 0.25) is 5.43 Å². The lowest BCUT2D eigenvalue weighted by Crippen LogP contribution is -2.26. The summed E-state index contributed by atoms with van der Waals surface area (Å²) in [5.74, 6) is -1.96. The minimum absolute atomic E-state index is 0.0152. The first-order valence-electron chi connectivity index (χ1n) is 9.56. The molecule has 0 fully saturated rings. The van der Waals surface area contributed by atoms with Gasteiger partial charge in [0.1, 0.15) is 17.1 Å². The van der Waals surface area contributed by atoms with Gasteiger partial charge in [0.05, 0.1) is 22.2 Å². The Morgan fingerprint density at radius 3 is 2.45 bits per heavy atom. The van der Waals surface area contributed by atoms with Gasteiger partial charge in [0, 0.05) is 40.8 Å². The molecular weight excluding hydrogens is 473 g/mol. The molecule has 0 bridgehead atoms. The summed E-state index contributed by atoms with van der Waals surface area (Å²) in [4.78, 5) is 36.7. The zero-order chi connectivity index (χ0) is 23.9. The molecule has 4 N–H and O–H groups in total. The van der Waals surface area contributed by atoms with Gasteiger partial charge in [-0.2, -0.15) is 0 Å². The SMILES string of the molecule is O=C(NCCO)c1ccc(C(=O)O)c(-c2c3cc(Cl)c(=O)cc-3oc3cc(O)c(Cl)cc23)c1. The van der Waals surface area contributed by atoms with Crippen molar-refractivity contribution in [2.75, 3.05) is 13.2 Å². The van der Waals surface area contributed by atoms with Gasteiger partial charge in [-0.05, 0) is 35.9 Å². The number of benzene rings is 3. The van der Waals surface area contributed by atoms with Gasteiger partial charge < -0.3 is 25.1 Å². The number of aromatic hydroxyl groups is 1. The number of carbonyl (C=O) groups is 2. The summed E-state index contributed by atoms with van der Waals surface area (Å²) in [5, 5.41) is 31.6. The summed E-state index contributed by atoms with van der Waals surface area (Å²) in [6.45, 7) is -0.249. The average Bonchev–Trinajstić information content (AvgIpc) is 2.77. The molecule has 0 atom stereocenters. The molecule has 4 rings (SSSR count). The van der Waals surface area contributed by atoms with Crippen LogP contribution in [0.15, 0.2) is 51.7 Å². The minimum atomic E-state index is -1.26. The Morgan fingerprint density at radius 1 is 1.00 bits per heavy atom. The molecule has 2 aromatic rings. The molecule has 0 spiro atoms. The number of phenolic OH excluding ortho intramolecular Hbond substituents is 1. The molecule has 1 aliphatic carbocycles. The van der Waals surface area contributed by atoms with Crippen molar-refractivity contribution in [2.45, 2.75) is 0 Å². The molecule has 168 valence electrons. The fourth-order valence-electron chi connectivity index (χ4n) is 3.54. The van der Waals surface area contributed by atoms with Gasteiger partial charge >= 0.3 is 5.97 Å². The molecule has 8 nitrogen and oxygen atoms in total. The molecule has 2 aromatic carbocycles. The number of aliphatic hydroxyl groups is 1. The van der Waals surface area contributed by atoms with Crippen LogP contribution in [0.1, 0.15) is 20.7 Å². The summed E-state index contributed by atoms with van der Waals surface area (Å²) in [6.07, 6.45) is 0. The Hall–Kier alpha value is -3.59. The number of rotatable bonds is 5. The van der Waals surface area contributed by atoms with E-state index in [1.54, 1.807) is 0 Å². The van der Waals surface area contributed by atoms with E-state index in [0.29, 0.717) is 16.5 Å². The Morgan fingerprint density at radius 2 is 1.76 bits per heavy atom. The predicted octanol–water partition coefficient (Wildman–Crippen LogP) is 4.00. The van der Waals surface area contributed by atoms with Crippen LogP contribution in [-0.4, -0.2) is 40.3 Å². The number of halogens is 2. The number of phenols is 1. The molecule has 1 amide bonds. The largest absolute Gasteiger partial charge is 0.506 e. The van der Waals surface area contributed by atoms with Crippen molar-refractivity contribution in [2.24, 2.45) is 0 Å². The first-order chi connectivity index (χ1) is 15.7. The van der Waals surface area contributed by atoms with Crippen molar-refractivity contribution in [1.82, 2.24) is 5.32 Å². The fraction of sp³-hybridized carbons (Fsp3) is 0.0870. The molecule has 0 radical (unpaired) electrons. The summed E-state index contributed by atoms with van der Waals surface area (Å²) < 4.78 is 5.78. The van der Waals surface area contributed by atoms with Crippen LogP contribution < -0.4 is 10.7 Å². The molecular formula is C23H15Cl2NO7. The normalized spacial score (nSPS) is 11.1. The molecule has 0 unspecified atom stereocenters. The highest BCUT2D eigenvalue weighted by molar-refractivity contribution is 6.33. The Balaban J connectivity index is 2.14. The number of fused-ring (bicyclic) bond motifs is 2. The third kappa shape index (κ3) is 4.11. The number of aliphatic hydroxyl groups excluding tert-OH is 1. The van der Waals surface area contributed by atoms with Crippen molar-refractivity contribution < 1.29 is 29.3 Å². The van der Waals surface area contributed by atoms with E-state index in [9.17, 15) is 24.6 Å².